The fourth-order valence-electron chi connectivity index (χ4n) is 4.72. The summed E-state index contributed by atoms with van der Waals surface area (Å²) in [7, 11) is -1.88. The fraction of sp³-hybridized carbons (Fsp3) is 0.435. The van der Waals surface area contributed by atoms with Crippen LogP contribution in [0.2, 0.25) is 0 Å². The molecule has 0 radical (unpaired) electrons. The van der Waals surface area contributed by atoms with Crippen LogP contribution in [0.5, 0.6) is 5.75 Å². The zero-order valence-electron chi connectivity index (χ0n) is 17.3. The van der Waals surface area contributed by atoms with Crippen LogP contribution in [0.25, 0.3) is 0 Å². The van der Waals surface area contributed by atoms with Crippen molar-refractivity contribution in [3.05, 3.63) is 59.7 Å². The molecule has 1 amide bonds. The van der Waals surface area contributed by atoms with Crippen LogP contribution in [0.15, 0.2) is 48.5 Å². The van der Waals surface area contributed by atoms with E-state index in [0.29, 0.717) is 6.54 Å². The van der Waals surface area contributed by atoms with Crippen molar-refractivity contribution in [2.24, 2.45) is 0 Å². The zero-order chi connectivity index (χ0) is 21.2. The molecule has 0 unspecified atom stereocenters. The highest BCUT2D eigenvalue weighted by Crippen LogP contribution is 2.42. The number of fused-ring (bicyclic) bond motifs is 1. The Morgan fingerprint density at radius 3 is 2.67 bits per heavy atom. The predicted octanol–water partition coefficient (Wildman–Crippen LogP) is 3.02. The molecule has 160 valence electrons. The monoisotopic (exact) mass is 428 g/mol. The minimum Gasteiger partial charge on any atom is -0.497 e. The number of carbonyl (C=O) groups is 1. The maximum Gasteiger partial charge on any atom is 0.236 e. The van der Waals surface area contributed by atoms with Gasteiger partial charge in [0.15, 0.2) is 0 Å². The average Bonchev–Trinajstić information content (AvgIpc) is 3.42. The number of benzene rings is 2. The van der Waals surface area contributed by atoms with Crippen molar-refractivity contribution in [1.29, 1.82) is 0 Å². The lowest BCUT2D eigenvalue weighted by atomic mass is 9.78. The van der Waals surface area contributed by atoms with E-state index in [1.807, 2.05) is 48.5 Å². The van der Waals surface area contributed by atoms with E-state index >= 15 is 0 Å². The predicted molar refractivity (Wildman–Crippen MR) is 117 cm³/mol. The van der Waals surface area contributed by atoms with E-state index in [1.165, 1.54) is 4.31 Å². The SMILES string of the molecule is COc1cccc(C2(C(=O)NCCS(=O)(=O)N3CCc4ccccc43)CCCC2)c1. The molecule has 1 N–H and O–H groups in total. The Labute approximate surface area is 178 Å². The quantitative estimate of drug-likeness (QED) is 0.736. The van der Waals surface area contributed by atoms with Gasteiger partial charge in [0.1, 0.15) is 5.75 Å². The molecule has 1 aliphatic heterocycles. The first-order valence-corrected chi connectivity index (χ1v) is 12.1. The molecule has 30 heavy (non-hydrogen) atoms. The van der Waals surface area contributed by atoms with Crippen molar-refractivity contribution < 1.29 is 17.9 Å². The summed E-state index contributed by atoms with van der Waals surface area (Å²) in [6.07, 6.45) is 4.21. The molecule has 7 heteroatoms. The first-order valence-electron chi connectivity index (χ1n) is 10.5. The third-order valence-corrected chi connectivity index (χ3v) is 8.11. The number of para-hydroxylation sites is 1. The summed E-state index contributed by atoms with van der Waals surface area (Å²) in [5.74, 6) is 0.522. The number of hydrogen-bond donors (Lipinski definition) is 1. The van der Waals surface area contributed by atoms with Crippen molar-refractivity contribution in [2.75, 3.05) is 30.3 Å². The van der Waals surface area contributed by atoms with E-state index in [1.54, 1.807) is 7.11 Å². The molecule has 0 aromatic heterocycles. The molecular formula is C23H28N2O4S. The van der Waals surface area contributed by atoms with Gasteiger partial charge in [0.25, 0.3) is 0 Å². The maximum atomic E-state index is 13.2. The van der Waals surface area contributed by atoms with Crippen molar-refractivity contribution in [3.63, 3.8) is 0 Å². The van der Waals surface area contributed by atoms with Crippen LogP contribution >= 0.6 is 0 Å². The number of nitrogens with zero attached hydrogens (tertiary/aromatic N) is 1. The number of anilines is 1. The van der Waals surface area contributed by atoms with Gasteiger partial charge in [0.2, 0.25) is 15.9 Å². The summed E-state index contributed by atoms with van der Waals surface area (Å²) in [5, 5.41) is 2.92. The van der Waals surface area contributed by atoms with Gasteiger partial charge in [0, 0.05) is 13.1 Å². The van der Waals surface area contributed by atoms with Gasteiger partial charge in [-0.3, -0.25) is 9.10 Å². The molecule has 1 heterocycles. The molecule has 4 rings (SSSR count). The van der Waals surface area contributed by atoms with Gasteiger partial charge in [-0.05, 0) is 48.6 Å². The Morgan fingerprint density at radius 2 is 1.90 bits per heavy atom. The van der Waals surface area contributed by atoms with Crippen LogP contribution in [0.1, 0.15) is 36.8 Å². The molecule has 2 aromatic rings. The van der Waals surface area contributed by atoms with E-state index in [0.717, 1.165) is 54.7 Å². The maximum absolute atomic E-state index is 13.2. The molecular weight excluding hydrogens is 400 g/mol. The summed E-state index contributed by atoms with van der Waals surface area (Å²) >= 11 is 0. The summed E-state index contributed by atoms with van der Waals surface area (Å²) in [6, 6.07) is 15.2. The number of rotatable bonds is 7. The third kappa shape index (κ3) is 3.78. The second-order valence-electron chi connectivity index (χ2n) is 8.04. The largest absolute Gasteiger partial charge is 0.497 e. The number of amides is 1. The van der Waals surface area contributed by atoms with E-state index in [2.05, 4.69) is 5.32 Å². The van der Waals surface area contributed by atoms with Crippen LogP contribution in [0, 0.1) is 0 Å². The molecule has 6 nitrogen and oxygen atoms in total. The van der Waals surface area contributed by atoms with Crippen LogP contribution in [0.3, 0.4) is 0 Å². The van der Waals surface area contributed by atoms with Crippen LogP contribution in [0.4, 0.5) is 5.69 Å². The van der Waals surface area contributed by atoms with Crippen LogP contribution < -0.4 is 14.4 Å². The lowest BCUT2D eigenvalue weighted by Crippen LogP contribution is -2.45. The Kier molecular flexibility index (Phi) is 5.73. The Morgan fingerprint density at radius 1 is 1.13 bits per heavy atom. The van der Waals surface area contributed by atoms with Crippen LogP contribution in [-0.2, 0) is 26.7 Å². The normalized spacial score (nSPS) is 17.6. The number of sulfonamides is 1. The Bertz CT molecular complexity index is 1030. The number of hydrogen-bond acceptors (Lipinski definition) is 4. The van der Waals surface area contributed by atoms with Gasteiger partial charge in [0.05, 0.1) is 24.0 Å². The van der Waals surface area contributed by atoms with Gasteiger partial charge in [-0.1, -0.05) is 43.2 Å². The standard InChI is InChI=1S/C23H28N2O4S/c1-29-20-9-6-8-19(17-20)23(12-4-5-13-23)22(26)24-14-16-30(27,28)25-15-11-18-7-2-3-10-21(18)25/h2-3,6-10,17H,4-5,11-16H2,1H3,(H,24,26). The summed E-state index contributed by atoms with van der Waals surface area (Å²) in [4.78, 5) is 13.2. The van der Waals surface area contributed by atoms with Crippen molar-refractivity contribution >= 4 is 21.6 Å². The lowest BCUT2D eigenvalue weighted by Gasteiger charge is -2.29. The fourth-order valence-corrected chi connectivity index (χ4v) is 6.14. The van der Waals surface area contributed by atoms with Gasteiger partial charge in [-0.25, -0.2) is 8.42 Å². The van der Waals surface area contributed by atoms with Crippen molar-refractivity contribution in [2.45, 2.75) is 37.5 Å². The number of carbonyl (C=O) groups excluding carboxylic acids is 1. The Hall–Kier alpha value is -2.54. The number of methoxy groups -OCH3 is 1. The van der Waals surface area contributed by atoms with Crippen molar-refractivity contribution in [3.8, 4) is 5.75 Å². The van der Waals surface area contributed by atoms with Crippen LogP contribution in [-0.4, -0.2) is 40.3 Å². The molecule has 0 atom stereocenters. The molecule has 1 saturated carbocycles. The molecule has 1 fully saturated rings. The summed E-state index contributed by atoms with van der Waals surface area (Å²) < 4.78 is 32.6. The smallest absolute Gasteiger partial charge is 0.236 e. The van der Waals surface area contributed by atoms with Gasteiger partial charge >= 0.3 is 0 Å². The van der Waals surface area contributed by atoms with Crippen molar-refractivity contribution in [1.82, 2.24) is 5.32 Å². The van der Waals surface area contributed by atoms with Gasteiger partial charge in [-0.15, -0.1) is 0 Å². The average molecular weight is 429 g/mol. The summed E-state index contributed by atoms with van der Waals surface area (Å²) in [5.41, 5.74) is 2.13. The molecule has 0 saturated heterocycles. The molecule has 1 aliphatic carbocycles. The molecule has 2 aliphatic rings. The Balaban J connectivity index is 1.44. The molecule has 0 bridgehead atoms. The topological polar surface area (TPSA) is 75.7 Å². The van der Waals surface area contributed by atoms with E-state index in [9.17, 15) is 13.2 Å². The zero-order valence-corrected chi connectivity index (χ0v) is 18.1. The van der Waals surface area contributed by atoms with E-state index in [4.69, 9.17) is 4.74 Å². The number of ether oxygens (including phenoxy) is 1. The van der Waals surface area contributed by atoms with Gasteiger partial charge in [-0.2, -0.15) is 0 Å². The second kappa shape index (κ2) is 8.30. The minimum atomic E-state index is -3.49. The first kappa shape index (κ1) is 20.7. The molecule has 0 spiro atoms. The summed E-state index contributed by atoms with van der Waals surface area (Å²) in [6.45, 7) is 0.564. The highest BCUT2D eigenvalue weighted by molar-refractivity contribution is 7.92. The van der Waals surface area contributed by atoms with E-state index < -0.39 is 15.4 Å². The van der Waals surface area contributed by atoms with E-state index in [-0.39, 0.29) is 18.2 Å². The second-order valence-corrected chi connectivity index (χ2v) is 10.1. The molecule has 2 aromatic carbocycles. The first-order chi connectivity index (χ1) is 14.5. The lowest BCUT2D eigenvalue weighted by molar-refractivity contribution is -0.126. The highest BCUT2D eigenvalue weighted by atomic mass is 32.2. The van der Waals surface area contributed by atoms with Gasteiger partial charge < -0.3 is 10.1 Å². The third-order valence-electron chi connectivity index (χ3n) is 6.34. The number of nitrogens with one attached hydrogen (secondary N) is 1. The highest BCUT2D eigenvalue weighted by Gasteiger charge is 2.43. The minimum absolute atomic E-state index is 0.0923.